The number of aromatic hydroxyl groups is 1. The number of fused-ring (bicyclic) bond motifs is 5. The van der Waals surface area contributed by atoms with Crippen LogP contribution in [0.25, 0.3) is 31.9 Å². The number of aromatic amines is 2. The molecule has 0 fully saturated rings. The topological polar surface area (TPSA) is 113 Å². The number of rotatable bonds is 4. The minimum absolute atomic E-state index is 0.152. The number of phenols is 1. The van der Waals surface area contributed by atoms with E-state index >= 15 is 0 Å². The average Bonchev–Trinajstić information content (AvgIpc) is 3.72. The first-order chi connectivity index (χ1) is 18.9. The van der Waals surface area contributed by atoms with E-state index < -0.39 is 0 Å². The third-order valence-electron chi connectivity index (χ3n) is 7.48. The number of H-pyrrole nitrogens is 2. The summed E-state index contributed by atoms with van der Waals surface area (Å²) in [7, 11) is 1.86. The van der Waals surface area contributed by atoms with Gasteiger partial charge in [-0.2, -0.15) is 0 Å². The fourth-order valence-electron chi connectivity index (χ4n) is 5.55. The number of phenolic OH excluding ortho intramolecular Hbond substituents is 1. The molecule has 2 amide bonds. The molecule has 194 valence electrons. The molecule has 8 nitrogen and oxygen atoms in total. The molecule has 9 heteroatoms. The summed E-state index contributed by atoms with van der Waals surface area (Å²) in [6, 6.07) is 16.7. The normalized spacial score (nSPS) is 12.9. The summed E-state index contributed by atoms with van der Waals surface area (Å²) in [5.74, 6) is -0.191. The van der Waals surface area contributed by atoms with E-state index in [-0.39, 0.29) is 17.6 Å². The van der Waals surface area contributed by atoms with Crippen molar-refractivity contribution in [1.82, 2.24) is 9.97 Å². The van der Waals surface area contributed by atoms with Crippen molar-refractivity contribution in [2.45, 2.75) is 13.3 Å². The second-order valence-corrected chi connectivity index (χ2v) is 10.8. The second-order valence-electron chi connectivity index (χ2n) is 9.90. The molecule has 6 aromatic rings. The largest absolute Gasteiger partial charge is 0.506 e. The van der Waals surface area contributed by atoms with Crippen LogP contribution in [-0.2, 0) is 6.42 Å². The Morgan fingerprint density at radius 3 is 2.41 bits per heavy atom. The van der Waals surface area contributed by atoms with E-state index in [9.17, 15) is 14.7 Å². The van der Waals surface area contributed by atoms with Crippen LogP contribution >= 0.6 is 11.3 Å². The van der Waals surface area contributed by atoms with Gasteiger partial charge in [-0.1, -0.05) is 0 Å². The van der Waals surface area contributed by atoms with Gasteiger partial charge in [0.2, 0.25) is 0 Å². The Morgan fingerprint density at radius 2 is 1.64 bits per heavy atom. The Labute approximate surface area is 227 Å². The summed E-state index contributed by atoms with van der Waals surface area (Å²) < 4.78 is 0.871. The monoisotopic (exact) mass is 535 g/mol. The number of nitrogens with zero attached hydrogens (tertiary/aromatic N) is 1. The average molecular weight is 536 g/mol. The van der Waals surface area contributed by atoms with Crippen molar-refractivity contribution in [2.75, 3.05) is 29.1 Å². The van der Waals surface area contributed by atoms with Crippen LogP contribution in [-0.4, -0.2) is 40.5 Å². The molecule has 3 aromatic heterocycles. The lowest BCUT2D eigenvalue weighted by molar-refractivity contribution is 0.0983. The molecule has 0 saturated carbocycles. The number of aromatic nitrogens is 2. The number of hydrogen-bond acceptors (Lipinski definition) is 5. The van der Waals surface area contributed by atoms with Crippen molar-refractivity contribution < 1.29 is 14.7 Å². The highest BCUT2D eigenvalue weighted by molar-refractivity contribution is 7.17. The number of thiophene rings is 1. The standard InChI is InChI=1S/C30H25N5O3S/c1-15-14-39-28-26(36)13-25-20(27(15)28)7-8-35(25)30(38)24-12-17-10-19(4-6-22(17)34-24)32-29(37)23-11-16-9-18(31-2)3-5-21(16)33-23/h3-6,9-14,31,33-34,36H,7-8H2,1-2H3,(H,32,37). The molecule has 4 heterocycles. The lowest BCUT2D eigenvalue weighted by atomic mass is 10.0. The molecule has 0 atom stereocenters. The smallest absolute Gasteiger partial charge is 0.274 e. The summed E-state index contributed by atoms with van der Waals surface area (Å²) in [6.07, 6.45) is 0.746. The van der Waals surface area contributed by atoms with Crippen molar-refractivity contribution in [3.05, 3.63) is 82.5 Å². The highest BCUT2D eigenvalue weighted by atomic mass is 32.1. The maximum absolute atomic E-state index is 13.6. The Balaban J connectivity index is 1.15. The quantitative estimate of drug-likeness (QED) is 0.180. The molecule has 7 rings (SSSR count). The zero-order chi connectivity index (χ0) is 26.8. The fraction of sp³-hybridized carbons (Fsp3) is 0.133. The van der Waals surface area contributed by atoms with Crippen LogP contribution in [0.15, 0.2) is 60.0 Å². The van der Waals surface area contributed by atoms with Crippen LogP contribution in [0.4, 0.5) is 17.1 Å². The molecule has 0 bridgehead atoms. The zero-order valence-corrected chi connectivity index (χ0v) is 22.1. The van der Waals surface area contributed by atoms with Crippen LogP contribution in [0.5, 0.6) is 5.75 Å². The molecule has 1 aliphatic heterocycles. The van der Waals surface area contributed by atoms with Crippen molar-refractivity contribution >= 4 is 72.1 Å². The van der Waals surface area contributed by atoms with Gasteiger partial charge in [-0.3, -0.25) is 9.59 Å². The first kappa shape index (κ1) is 23.4. The Morgan fingerprint density at radius 1 is 0.949 bits per heavy atom. The first-order valence-electron chi connectivity index (χ1n) is 12.7. The molecule has 0 aliphatic carbocycles. The number of aryl methyl sites for hydroxylation is 1. The van der Waals surface area contributed by atoms with E-state index in [2.05, 4.69) is 20.6 Å². The van der Waals surface area contributed by atoms with Crippen LogP contribution in [0.3, 0.4) is 0 Å². The molecule has 5 N–H and O–H groups in total. The summed E-state index contributed by atoms with van der Waals surface area (Å²) in [5, 5.41) is 21.5. The maximum atomic E-state index is 13.6. The maximum Gasteiger partial charge on any atom is 0.274 e. The number of carbonyl (C=O) groups is 2. The summed E-state index contributed by atoms with van der Waals surface area (Å²) in [6.45, 7) is 2.59. The number of carbonyl (C=O) groups excluding carboxylic acids is 2. The van der Waals surface area contributed by atoms with Gasteiger partial charge >= 0.3 is 0 Å². The van der Waals surface area contributed by atoms with Crippen molar-refractivity contribution in [3.63, 3.8) is 0 Å². The summed E-state index contributed by atoms with van der Waals surface area (Å²) in [5.41, 5.74) is 7.20. The SMILES string of the molecule is CNc1ccc2[nH]c(C(=O)Nc3ccc4[nH]c(C(=O)N5CCc6c5cc(O)c5scc(C)c65)cc4c3)cc2c1. The van der Waals surface area contributed by atoms with E-state index in [1.54, 1.807) is 11.0 Å². The summed E-state index contributed by atoms with van der Waals surface area (Å²) >= 11 is 1.53. The Kier molecular flexibility index (Phi) is 5.18. The Bertz CT molecular complexity index is 1960. The highest BCUT2D eigenvalue weighted by Gasteiger charge is 2.30. The van der Waals surface area contributed by atoms with E-state index in [0.717, 1.165) is 60.8 Å². The minimum Gasteiger partial charge on any atom is -0.506 e. The molecule has 0 spiro atoms. The summed E-state index contributed by atoms with van der Waals surface area (Å²) in [4.78, 5) is 34.6. The van der Waals surface area contributed by atoms with Gasteiger partial charge in [-0.15, -0.1) is 11.3 Å². The second kappa shape index (κ2) is 8.64. The fourth-order valence-corrected chi connectivity index (χ4v) is 6.54. The molecule has 39 heavy (non-hydrogen) atoms. The van der Waals surface area contributed by atoms with Gasteiger partial charge in [0.25, 0.3) is 11.8 Å². The number of amides is 2. The van der Waals surface area contributed by atoms with Crippen molar-refractivity contribution in [1.29, 1.82) is 0 Å². The van der Waals surface area contributed by atoms with E-state index in [1.165, 1.54) is 11.3 Å². The van der Waals surface area contributed by atoms with Crippen LogP contribution in [0.1, 0.15) is 32.1 Å². The lowest BCUT2D eigenvalue weighted by Gasteiger charge is -2.17. The van der Waals surface area contributed by atoms with Crippen LogP contribution < -0.4 is 15.5 Å². The highest BCUT2D eigenvalue weighted by Crippen LogP contribution is 2.44. The number of nitrogens with one attached hydrogen (secondary N) is 4. The predicted molar refractivity (Wildman–Crippen MR) is 158 cm³/mol. The third kappa shape index (κ3) is 3.73. The van der Waals surface area contributed by atoms with E-state index in [4.69, 9.17) is 0 Å². The van der Waals surface area contributed by atoms with Gasteiger partial charge in [0.1, 0.15) is 17.1 Å². The molecule has 3 aromatic carbocycles. The molecule has 1 aliphatic rings. The minimum atomic E-state index is -0.244. The number of benzene rings is 3. The molecular formula is C30H25N5O3S. The molecular weight excluding hydrogens is 510 g/mol. The van der Waals surface area contributed by atoms with Gasteiger partial charge in [0, 0.05) is 58.2 Å². The van der Waals surface area contributed by atoms with Gasteiger partial charge in [-0.25, -0.2) is 0 Å². The predicted octanol–water partition coefficient (Wildman–Crippen LogP) is 6.37. The van der Waals surface area contributed by atoms with Crippen molar-refractivity contribution in [3.8, 4) is 5.75 Å². The van der Waals surface area contributed by atoms with Gasteiger partial charge < -0.3 is 30.6 Å². The number of anilines is 3. The van der Waals surface area contributed by atoms with Gasteiger partial charge in [-0.05, 0) is 78.4 Å². The first-order valence-corrected chi connectivity index (χ1v) is 13.6. The Hall–Kier alpha value is -4.76. The van der Waals surface area contributed by atoms with E-state index in [0.29, 0.717) is 23.6 Å². The van der Waals surface area contributed by atoms with Crippen molar-refractivity contribution in [2.24, 2.45) is 0 Å². The van der Waals surface area contributed by atoms with E-state index in [1.807, 2.05) is 67.9 Å². The molecule has 0 radical (unpaired) electrons. The van der Waals surface area contributed by atoms with Gasteiger partial charge in [0.15, 0.2) is 0 Å². The molecule has 0 saturated heterocycles. The van der Waals surface area contributed by atoms with Crippen LogP contribution in [0.2, 0.25) is 0 Å². The third-order valence-corrected chi connectivity index (χ3v) is 8.60. The molecule has 0 unspecified atom stereocenters. The zero-order valence-electron chi connectivity index (χ0n) is 21.3. The van der Waals surface area contributed by atoms with Gasteiger partial charge in [0.05, 0.1) is 10.4 Å². The number of hydrogen-bond donors (Lipinski definition) is 5. The van der Waals surface area contributed by atoms with Crippen LogP contribution in [0, 0.1) is 6.92 Å². The lowest BCUT2D eigenvalue weighted by Crippen LogP contribution is -2.29.